The third-order valence-corrected chi connectivity index (χ3v) is 5.38. The molecule has 1 heterocycles. The number of carbonyl (C=O) groups excluding carboxylic acids is 1. The summed E-state index contributed by atoms with van der Waals surface area (Å²) in [4.78, 5) is 12.8. The fourth-order valence-electron chi connectivity index (χ4n) is 2.92. The van der Waals surface area contributed by atoms with Crippen LogP contribution in [0, 0.1) is 0 Å². The average Bonchev–Trinajstić information content (AvgIpc) is 2.68. The van der Waals surface area contributed by atoms with E-state index in [1.807, 2.05) is 42.5 Å². The van der Waals surface area contributed by atoms with Gasteiger partial charge in [0.1, 0.15) is 17.3 Å². The molecule has 0 saturated carbocycles. The predicted molar refractivity (Wildman–Crippen MR) is 117 cm³/mol. The van der Waals surface area contributed by atoms with Gasteiger partial charge >= 0.3 is 0 Å². The van der Waals surface area contributed by atoms with E-state index in [1.54, 1.807) is 36.4 Å². The Labute approximate surface area is 179 Å². The molecule has 1 aliphatic heterocycles. The Kier molecular flexibility index (Phi) is 5.20. The first-order chi connectivity index (χ1) is 13.5. The zero-order valence-electron chi connectivity index (χ0n) is 14.5. The second kappa shape index (κ2) is 7.78. The first kappa shape index (κ1) is 18.7. The number of benzene rings is 3. The lowest BCUT2D eigenvalue weighted by Crippen LogP contribution is -2.05. The number of allylic oxidation sites excluding steroid dienone is 3. The third-order valence-electron chi connectivity index (χ3n) is 4.33. The smallest absolute Gasteiger partial charge is 0.186 e. The predicted octanol–water partition coefficient (Wildman–Crippen LogP) is 6.62. The number of fused-ring (bicyclic) bond motifs is 1. The number of hydrogen-bond donors (Lipinski definition) is 1. The van der Waals surface area contributed by atoms with Crippen molar-refractivity contribution in [2.45, 2.75) is 0 Å². The second-order valence-electron chi connectivity index (χ2n) is 6.27. The topological polar surface area (TPSA) is 46.5 Å². The monoisotopic (exact) mass is 496 g/mol. The van der Waals surface area contributed by atoms with Crippen molar-refractivity contribution in [3.8, 4) is 11.5 Å². The number of rotatable bonds is 3. The average molecular weight is 498 g/mol. The summed E-state index contributed by atoms with van der Waals surface area (Å²) in [6.07, 6.45) is 3.44. The van der Waals surface area contributed by atoms with Crippen molar-refractivity contribution in [3.05, 3.63) is 105 Å². The van der Waals surface area contributed by atoms with Gasteiger partial charge in [-0.15, -0.1) is 0 Å². The van der Waals surface area contributed by atoms with Crippen LogP contribution in [0.15, 0.2) is 87.8 Å². The number of halogens is 2. The van der Waals surface area contributed by atoms with Crippen LogP contribution >= 0.6 is 31.9 Å². The van der Waals surface area contributed by atoms with Crippen LogP contribution in [0.25, 0.3) is 11.3 Å². The minimum Gasteiger partial charge on any atom is -0.508 e. The molecular weight excluding hydrogens is 484 g/mol. The highest BCUT2D eigenvalue weighted by Gasteiger charge is 2.20. The fourth-order valence-corrected chi connectivity index (χ4v) is 3.44. The number of carbonyl (C=O) groups is 1. The van der Waals surface area contributed by atoms with Crippen LogP contribution in [-0.4, -0.2) is 10.9 Å². The standard InChI is InChI=1S/C23H14Br2O3/c24-17-5-1-14(2-6-17)21(27)11-16-12-22(15-3-7-18(25)8-4-15)28-23-13-19(26)9-10-20(16)23/h1-13,26H. The zero-order chi connectivity index (χ0) is 19.7. The molecular formula is C23H14Br2O3. The van der Waals surface area contributed by atoms with Crippen LogP contribution in [0.3, 0.4) is 0 Å². The molecule has 3 aromatic carbocycles. The Balaban J connectivity index is 1.79. The number of ether oxygens (including phenoxy) is 1. The van der Waals surface area contributed by atoms with E-state index in [-0.39, 0.29) is 11.5 Å². The highest BCUT2D eigenvalue weighted by atomic mass is 79.9. The summed E-state index contributed by atoms with van der Waals surface area (Å²) in [6.45, 7) is 0. The van der Waals surface area contributed by atoms with Gasteiger partial charge in [-0.05, 0) is 66.3 Å². The molecule has 0 bridgehead atoms. The van der Waals surface area contributed by atoms with E-state index in [2.05, 4.69) is 31.9 Å². The van der Waals surface area contributed by atoms with Gasteiger partial charge in [-0.3, -0.25) is 4.79 Å². The van der Waals surface area contributed by atoms with Crippen LogP contribution in [-0.2, 0) is 0 Å². The molecule has 3 aromatic rings. The van der Waals surface area contributed by atoms with Crippen molar-refractivity contribution < 1.29 is 14.6 Å². The van der Waals surface area contributed by atoms with Gasteiger partial charge in [0, 0.05) is 31.7 Å². The summed E-state index contributed by atoms with van der Waals surface area (Å²) in [7, 11) is 0. The van der Waals surface area contributed by atoms with E-state index in [0.717, 1.165) is 25.6 Å². The number of hydrogen-bond acceptors (Lipinski definition) is 3. The van der Waals surface area contributed by atoms with E-state index < -0.39 is 0 Å². The lowest BCUT2D eigenvalue weighted by Gasteiger charge is -2.21. The molecule has 138 valence electrons. The lowest BCUT2D eigenvalue weighted by molar-refractivity contribution is 0.104. The van der Waals surface area contributed by atoms with Crippen LogP contribution < -0.4 is 4.74 Å². The first-order valence-electron chi connectivity index (χ1n) is 8.50. The van der Waals surface area contributed by atoms with Crippen LogP contribution in [0.1, 0.15) is 21.5 Å². The van der Waals surface area contributed by atoms with Gasteiger partial charge in [-0.25, -0.2) is 0 Å². The molecule has 0 aromatic heterocycles. The molecule has 0 atom stereocenters. The van der Waals surface area contributed by atoms with Crippen molar-refractivity contribution >= 4 is 49.0 Å². The number of aromatic hydroxyl groups is 1. The number of phenols is 1. The largest absolute Gasteiger partial charge is 0.508 e. The lowest BCUT2D eigenvalue weighted by atomic mass is 9.97. The van der Waals surface area contributed by atoms with Gasteiger partial charge in [-0.1, -0.05) is 44.0 Å². The van der Waals surface area contributed by atoms with Crippen LogP contribution in [0.2, 0.25) is 0 Å². The number of ketones is 1. The molecule has 0 amide bonds. The van der Waals surface area contributed by atoms with Gasteiger partial charge in [-0.2, -0.15) is 0 Å². The molecule has 1 N–H and O–H groups in total. The molecule has 5 heteroatoms. The van der Waals surface area contributed by atoms with Gasteiger partial charge in [0.15, 0.2) is 5.78 Å². The summed E-state index contributed by atoms with van der Waals surface area (Å²) < 4.78 is 7.88. The summed E-state index contributed by atoms with van der Waals surface area (Å²) in [5.41, 5.74) is 2.96. The summed E-state index contributed by atoms with van der Waals surface area (Å²) >= 11 is 6.81. The SMILES string of the molecule is O=C(C=C1C=C(c2ccc(Br)cc2)Oc2cc(O)ccc21)c1ccc(Br)cc1. The molecule has 0 unspecified atom stereocenters. The highest BCUT2D eigenvalue weighted by molar-refractivity contribution is 9.10. The first-order valence-corrected chi connectivity index (χ1v) is 10.1. The molecule has 3 nitrogen and oxygen atoms in total. The number of phenolic OH excluding ortho intramolecular Hbond substituents is 1. The minimum absolute atomic E-state index is 0.102. The molecule has 0 radical (unpaired) electrons. The Morgan fingerprint density at radius 3 is 2.21 bits per heavy atom. The summed E-state index contributed by atoms with van der Waals surface area (Å²) in [5.74, 6) is 1.12. The third kappa shape index (κ3) is 3.96. The molecule has 1 aliphatic rings. The van der Waals surface area contributed by atoms with E-state index in [4.69, 9.17) is 4.74 Å². The normalized spacial score (nSPS) is 14.2. The van der Waals surface area contributed by atoms with Crippen molar-refractivity contribution in [2.24, 2.45) is 0 Å². The van der Waals surface area contributed by atoms with E-state index in [0.29, 0.717) is 17.1 Å². The van der Waals surface area contributed by atoms with E-state index >= 15 is 0 Å². The van der Waals surface area contributed by atoms with Crippen molar-refractivity contribution in [3.63, 3.8) is 0 Å². The van der Waals surface area contributed by atoms with Crippen LogP contribution in [0.4, 0.5) is 0 Å². The molecule has 0 fully saturated rings. The molecule has 4 rings (SSSR count). The van der Waals surface area contributed by atoms with Gasteiger partial charge in [0.05, 0.1) is 0 Å². The van der Waals surface area contributed by atoms with Crippen molar-refractivity contribution in [2.75, 3.05) is 0 Å². The molecule has 0 aliphatic carbocycles. The zero-order valence-corrected chi connectivity index (χ0v) is 17.7. The maximum atomic E-state index is 12.8. The molecule has 0 spiro atoms. The maximum Gasteiger partial charge on any atom is 0.186 e. The molecule has 0 saturated heterocycles. The highest BCUT2D eigenvalue weighted by Crippen LogP contribution is 2.39. The minimum atomic E-state index is -0.102. The van der Waals surface area contributed by atoms with E-state index in [9.17, 15) is 9.90 Å². The van der Waals surface area contributed by atoms with Crippen molar-refractivity contribution in [1.29, 1.82) is 0 Å². The Morgan fingerprint density at radius 2 is 1.54 bits per heavy atom. The van der Waals surface area contributed by atoms with Crippen LogP contribution in [0.5, 0.6) is 11.5 Å². The Bertz CT molecular complexity index is 1110. The second-order valence-corrected chi connectivity index (χ2v) is 8.10. The van der Waals surface area contributed by atoms with Gasteiger partial charge < -0.3 is 9.84 Å². The molecule has 28 heavy (non-hydrogen) atoms. The quantitative estimate of drug-likeness (QED) is 0.327. The van der Waals surface area contributed by atoms with Gasteiger partial charge in [0.25, 0.3) is 0 Å². The fraction of sp³-hybridized carbons (Fsp3) is 0. The van der Waals surface area contributed by atoms with Gasteiger partial charge in [0.2, 0.25) is 0 Å². The maximum absolute atomic E-state index is 12.8. The summed E-state index contributed by atoms with van der Waals surface area (Å²) in [5, 5.41) is 9.86. The van der Waals surface area contributed by atoms with Crippen molar-refractivity contribution in [1.82, 2.24) is 0 Å². The Morgan fingerprint density at radius 1 is 0.893 bits per heavy atom. The summed E-state index contributed by atoms with van der Waals surface area (Å²) in [6, 6.07) is 19.8. The Hall–Kier alpha value is -2.63. The van der Waals surface area contributed by atoms with E-state index in [1.165, 1.54) is 0 Å².